The standard InChI is InChI=1S/C21H25FN4O2/c1-25(14-16-5-3-2-4-6-16)12-11-23-21(28)24-18-13-20(27)26(15-18)19-9-7-17(22)8-10-19/h2-10,18H,11-15H2,1H3,(H2,23,24,28)/t18-/m1/s1. The van der Waals surface area contributed by atoms with E-state index in [1.54, 1.807) is 17.0 Å². The van der Waals surface area contributed by atoms with E-state index in [1.807, 2.05) is 25.2 Å². The Bertz CT molecular complexity index is 798. The molecule has 1 saturated heterocycles. The minimum absolute atomic E-state index is 0.0838. The van der Waals surface area contributed by atoms with Gasteiger partial charge in [-0.3, -0.25) is 4.79 Å². The smallest absolute Gasteiger partial charge is 0.315 e. The number of anilines is 1. The van der Waals surface area contributed by atoms with Crippen molar-refractivity contribution in [2.75, 3.05) is 31.6 Å². The van der Waals surface area contributed by atoms with Crippen molar-refractivity contribution in [1.29, 1.82) is 0 Å². The summed E-state index contributed by atoms with van der Waals surface area (Å²) in [6.07, 6.45) is 0.235. The van der Waals surface area contributed by atoms with Gasteiger partial charge in [0.1, 0.15) is 5.82 Å². The number of amides is 3. The Hall–Kier alpha value is -2.93. The van der Waals surface area contributed by atoms with Crippen molar-refractivity contribution in [1.82, 2.24) is 15.5 Å². The Kier molecular flexibility index (Phi) is 6.60. The van der Waals surface area contributed by atoms with Crippen LogP contribution in [0, 0.1) is 5.82 Å². The average Bonchev–Trinajstić information content (AvgIpc) is 3.03. The largest absolute Gasteiger partial charge is 0.337 e. The Balaban J connectivity index is 1.39. The molecule has 3 amide bonds. The Morgan fingerprint density at radius 1 is 1.18 bits per heavy atom. The Morgan fingerprint density at radius 3 is 2.61 bits per heavy atom. The number of hydrogen-bond acceptors (Lipinski definition) is 3. The van der Waals surface area contributed by atoms with Crippen LogP contribution in [0.15, 0.2) is 54.6 Å². The molecule has 0 radical (unpaired) electrons. The van der Waals surface area contributed by atoms with Crippen LogP contribution in [0.3, 0.4) is 0 Å². The fraction of sp³-hybridized carbons (Fsp3) is 0.333. The molecule has 1 atom stereocenters. The first-order valence-corrected chi connectivity index (χ1v) is 9.34. The van der Waals surface area contributed by atoms with E-state index in [0.29, 0.717) is 25.3 Å². The molecular formula is C21H25FN4O2. The van der Waals surface area contributed by atoms with Gasteiger partial charge in [-0.25, -0.2) is 9.18 Å². The monoisotopic (exact) mass is 384 g/mol. The zero-order valence-corrected chi connectivity index (χ0v) is 15.9. The van der Waals surface area contributed by atoms with Gasteiger partial charge in [-0.05, 0) is 36.9 Å². The van der Waals surface area contributed by atoms with Crippen molar-refractivity contribution in [2.45, 2.75) is 19.0 Å². The lowest BCUT2D eigenvalue weighted by molar-refractivity contribution is -0.117. The zero-order valence-electron chi connectivity index (χ0n) is 15.9. The molecule has 0 spiro atoms. The highest BCUT2D eigenvalue weighted by atomic mass is 19.1. The van der Waals surface area contributed by atoms with Crippen LogP contribution in [-0.4, -0.2) is 49.6 Å². The molecule has 1 fully saturated rings. The molecule has 0 aliphatic carbocycles. The summed E-state index contributed by atoms with van der Waals surface area (Å²) >= 11 is 0. The SMILES string of the molecule is CN(CCNC(=O)N[C@@H]1CC(=O)N(c2ccc(F)cc2)C1)Cc1ccccc1. The maximum Gasteiger partial charge on any atom is 0.315 e. The summed E-state index contributed by atoms with van der Waals surface area (Å²) in [5, 5.41) is 5.67. The molecule has 1 aliphatic heterocycles. The van der Waals surface area contributed by atoms with Crippen molar-refractivity contribution in [3.63, 3.8) is 0 Å². The van der Waals surface area contributed by atoms with Gasteiger partial charge in [-0.1, -0.05) is 30.3 Å². The van der Waals surface area contributed by atoms with Crippen LogP contribution in [0.2, 0.25) is 0 Å². The topological polar surface area (TPSA) is 64.7 Å². The minimum atomic E-state index is -0.346. The minimum Gasteiger partial charge on any atom is -0.337 e. The maximum atomic E-state index is 13.0. The predicted molar refractivity (Wildman–Crippen MR) is 106 cm³/mol. The van der Waals surface area contributed by atoms with Crippen LogP contribution in [0.25, 0.3) is 0 Å². The van der Waals surface area contributed by atoms with E-state index < -0.39 is 0 Å². The second-order valence-corrected chi connectivity index (χ2v) is 7.01. The first-order chi connectivity index (χ1) is 13.5. The molecule has 0 unspecified atom stereocenters. The highest BCUT2D eigenvalue weighted by Crippen LogP contribution is 2.21. The number of benzene rings is 2. The van der Waals surface area contributed by atoms with Gasteiger partial charge in [-0.15, -0.1) is 0 Å². The van der Waals surface area contributed by atoms with Gasteiger partial charge in [0.15, 0.2) is 0 Å². The fourth-order valence-electron chi connectivity index (χ4n) is 3.25. The van der Waals surface area contributed by atoms with Crippen LogP contribution in [0.4, 0.5) is 14.9 Å². The number of hydrogen-bond donors (Lipinski definition) is 2. The van der Waals surface area contributed by atoms with Gasteiger partial charge in [0, 0.05) is 38.3 Å². The normalized spacial score (nSPS) is 16.5. The Morgan fingerprint density at radius 2 is 1.89 bits per heavy atom. The van der Waals surface area contributed by atoms with Crippen molar-refractivity contribution in [3.05, 3.63) is 66.0 Å². The molecule has 148 valence electrons. The molecule has 1 heterocycles. The van der Waals surface area contributed by atoms with Crippen molar-refractivity contribution >= 4 is 17.6 Å². The lowest BCUT2D eigenvalue weighted by Crippen LogP contribution is -2.45. The average molecular weight is 384 g/mol. The van der Waals surface area contributed by atoms with E-state index in [2.05, 4.69) is 27.7 Å². The van der Waals surface area contributed by atoms with Crippen LogP contribution >= 0.6 is 0 Å². The fourth-order valence-corrected chi connectivity index (χ4v) is 3.25. The molecule has 1 aliphatic rings. The molecule has 7 heteroatoms. The summed E-state index contributed by atoms with van der Waals surface area (Å²) in [5.41, 5.74) is 1.86. The van der Waals surface area contributed by atoms with Gasteiger partial charge in [0.25, 0.3) is 0 Å². The first-order valence-electron chi connectivity index (χ1n) is 9.34. The molecule has 28 heavy (non-hydrogen) atoms. The van der Waals surface area contributed by atoms with E-state index in [-0.39, 0.29) is 30.2 Å². The summed E-state index contributed by atoms with van der Waals surface area (Å²) in [5.74, 6) is -0.429. The molecule has 6 nitrogen and oxygen atoms in total. The van der Waals surface area contributed by atoms with E-state index >= 15 is 0 Å². The lowest BCUT2D eigenvalue weighted by Gasteiger charge is -2.19. The molecule has 2 aromatic rings. The molecule has 3 rings (SSSR count). The van der Waals surface area contributed by atoms with E-state index in [9.17, 15) is 14.0 Å². The summed E-state index contributed by atoms with van der Waals surface area (Å²) in [4.78, 5) is 28.0. The van der Waals surface area contributed by atoms with Crippen LogP contribution in [-0.2, 0) is 11.3 Å². The number of halogens is 1. The van der Waals surface area contributed by atoms with Crippen molar-refractivity contribution in [2.24, 2.45) is 0 Å². The number of carbonyl (C=O) groups excluding carboxylic acids is 2. The predicted octanol–water partition coefficient (Wildman–Crippen LogP) is 2.36. The number of nitrogens with one attached hydrogen (secondary N) is 2. The number of likely N-dealkylation sites (N-methyl/N-ethyl adjacent to an activating group) is 1. The third kappa shape index (κ3) is 5.53. The highest BCUT2D eigenvalue weighted by Gasteiger charge is 2.31. The number of carbonyl (C=O) groups is 2. The molecule has 2 N–H and O–H groups in total. The third-order valence-corrected chi connectivity index (χ3v) is 4.67. The molecular weight excluding hydrogens is 359 g/mol. The summed E-state index contributed by atoms with van der Waals surface area (Å²) in [6.45, 7) is 2.42. The zero-order chi connectivity index (χ0) is 19.9. The van der Waals surface area contributed by atoms with Crippen LogP contribution in [0.5, 0.6) is 0 Å². The van der Waals surface area contributed by atoms with Gasteiger partial charge >= 0.3 is 6.03 Å². The number of nitrogens with zero attached hydrogens (tertiary/aromatic N) is 2. The van der Waals surface area contributed by atoms with Crippen LogP contribution in [0.1, 0.15) is 12.0 Å². The first kappa shape index (κ1) is 19.8. The number of rotatable bonds is 7. The lowest BCUT2D eigenvalue weighted by atomic mass is 10.2. The molecule has 0 bridgehead atoms. The van der Waals surface area contributed by atoms with Gasteiger partial charge in [0.05, 0.1) is 6.04 Å². The summed E-state index contributed by atoms with van der Waals surface area (Å²) in [7, 11) is 2.00. The highest BCUT2D eigenvalue weighted by molar-refractivity contribution is 5.96. The van der Waals surface area contributed by atoms with Gasteiger partial charge in [-0.2, -0.15) is 0 Å². The summed E-state index contributed by atoms with van der Waals surface area (Å²) < 4.78 is 13.0. The number of urea groups is 1. The van der Waals surface area contributed by atoms with E-state index in [1.165, 1.54) is 17.7 Å². The van der Waals surface area contributed by atoms with E-state index in [4.69, 9.17) is 0 Å². The van der Waals surface area contributed by atoms with Gasteiger partial charge < -0.3 is 20.4 Å². The summed E-state index contributed by atoms with van der Waals surface area (Å²) in [6, 6.07) is 15.4. The molecule has 0 aromatic heterocycles. The Labute approximate surface area is 164 Å². The molecule has 0 saturated carbocycles. The van der Waals surface area contributed by atoms with Crippen molar-refractivity contribution in [3.8, 4) is 0 Å². The second-order valence-electron chi connectivity index (χ2n) is 7.01. The van der Waals surface area contributed by atoms with Crippen LogP contribution < -0.4 is 15.5 Å². The third-order valence-electron chi connectivity index (χ3n) is 4.67. The molecule has 2 aromatic carbocycles. The second kappa shape index (κ2) is 9.32. The van der Waals surface area contributed by atoms with E-state index in [0.717, 1.165) is 6.54 Å². The quantitative estimate of drug-likeness (QED) is 0.770. The van der Waals surface area contributed by atoms with Gasteiger partial charge in [0.2, 0.25) is 5.91 Å². The van der Waals surface area contributed by atoms with Crippen molar-refractivity contribution < 1.29 is 14.0 Å². The maximum absolute atomic E-state index is 13.0.